The van der Waals surface area contributed by atoms with Crippen molar-refractivity contribution in [2.75, 3.05) is 18.4 Å². The number of anilines is 1. The van der Waals surface area contributed by atoms with Gasteiger partial charge in [0.15, 0.2) is 0 Å². The molecule has 3 amide bonds. The van der Waals surface area contributed by atoms with Crippen LogP contribution in [0.1, 0.15) is 48.7 Å². The lowest BCUT2D eigenvalue weighted by atomic mass is 9.96. The summed E-state index contributed by atoms with van der Waals surface area (Å²) in [7, 11) is 0. The average Bonchev–Trinajstić information content (AvgIpc) is 3.21. The molecule has 5 nitrogen and oxygen atoms in total. The fourth-order valence-electron chi connectivity index (χ4n) is 3.40. The van der Waals surface area contributed by atoms with Gasteiger partial charge in [0.1, 0.15) is 0 Å². The fourth-order valence-corrected chi connectivity index (χ4v) is 3.40. The lowest BCUT2D eigenvalue weighted by molar-refractivity contribution is 0.0793. The topological polar surface area (TPSA) is 61.4 Å². The van der Waals surface area contributed by atoms with E-state index < -0.39 is 0 Å². The number of nitrogens with one attached hydrogen (secondary N) is 2. The number of urea groups is 1. The molecule has 0 bridgehead atoms. The highest BCUT2D eigenvalue weighted by Gasteiger charge is 2.20. The van der Waals surface area contributed by atoms with Crippen molar-refractivity contribution in [3.63, 3.8) is 0 Å². The zero-order chi connectivity index (χ0) is 19.2. The van der Waals surface area contributed by atoms with Gasteiger partial charge < -0.3 is 15.5 Å². The summed E-state index contributed by atoms with van der Waals surface area (Å²) in [5, 5.41) is 5.90. The van der Waals surface area contributed by atoms with E-state index in [2.05, 4.69) is 24.5 Å². The number of rotatable bonds is 5. The normalized spacial score (nSPS) is 14.9. The quantitative estimate of drug-likeness (QED) is 0.823. The summed E-state index contributed by atoms with van der Waals surface area (Å²) < 4.78 is 0. The number of carbonyl (C=O) groups excluding carboxylic acids is 2. The third-order valence-corrected chi connectivity index (χ3v) is 4.89. The Bertz CT molecular complexity index is 766. The molecule has 2 aromatic carbocycles. The fraction of sp³-hybridized carbons (Fsp3) is 0.364. The van der Waals surface area contributed by atoms with Crippen LogP contribution in [-0.4, -0.2) is 29.9 Å². The van der Waals surface area contributed by atoms with E-state index in [-0.39, 0.29) is 23.9 Å². The molecule has 2 aromatic rings. The first-order valence-electron chi connectivity index (χ1n) is 9.56. The van der Waals surface area contributed by atoms with E-state index in [9.17, 15) is 9.59 Å². The van der Waals surface area contributed by atoms with Gasteiger partial charge in [-0.1, -0.05) is 44.2 Å². The molecule has 142 valence electrons. The van der Waals surface area contributed by atoms with Crippen molar-refractivity contribution in [1.29, 1.82) is 0 Å². The number of likely N-dealkylation sites (tertiary alicyclic amines) is 1. The number of carbonyl (C=O) groups is 2. The number of amides is 3. The Hall–Kier alpha value is -2.82. The maximum absolute atomic E-state index is 12.4. The first kappa shape index (κ1) is 19.0. The predicted octanol–water partition coefficient (Wildman–Crippen LogP) is 4.44. The summed E-state index contributed by atoms with van der Waals surface area (Å²) in [6, 6.07) is 16.7. The van der Waals surface area contributed by atoms with Crippen LogP contribution in [-0.2, 0) is 0 Å². The molecule has 0 aliphatic carbocycles. The summed E-state index contributed by atoms with van der Waals surface area (Å²) in [6.45, 7) is 5.82. The third-order valence-electron chi connectivity index (χ3n) is 4.89. The highest BCUT2D eigenvalue weighted by molar-refractivity contribution is 5.95. The standard InChI is InChI=1S/C22H27N3O2/c1-16(2)20(17-8-4-3-5-9-17)24-22(27)23-19-12-10-18(11-13-19)21(26)25-14-6-7-15-25/h3-5,8-13,16,20H,6-7,14-15H2,1-2H3,(H2,23,24,27). The molecule has 1 aliphatic rings. The van der Waals surface area contributed by atoms with Gasteiger partial charge in [-0.2, -0.15) is 0 Å². The zero-order valence-electron chi connectivity index (χ0n) is 15.9. The van der Waals surface area contributed by atoms with Gasteiger partial charge in [-0.3, -0.25) is 4.79 Å². The Morgan fingerprint density at radius 2 is 1.56 bits per heavy atom. The molecule has 3 rings (SSSR count). The molecule has 27 heavy (non-hydrogen) atoms. The summed E-state index contributed by atoms with van der Waals surface area (Å²) >= 11 is 0. The van der Waals surface area contributed by atoms with Crippen LogP contribution in [0.25, 0.3) is 0 Å². The van der Waals surface area contributed by atoms with Crippen molar-refractivity contribution in [3.8, 4) is 0 Å². The van der Waals surface area contributed by atoms with E-state index in [1.807, 2.05) is 35.2 Å². The SMILES string of the molecule is CC(C)C(NC(=O)Nc1ccc(C(=O)N2CCCC2)cc1)c1ccccc1. The van der Waals surface area contributed by atoms with Gasteiger partial charge in [0.2, 0.25) is 0 Å². The summed E-state index contributed by atoms with van der Waals surface area (Å²) in [5.74, 6) is 0.325. The van der Waals surface area contributed by atoms with Gasteiger partial charge in [-0.25, -0.2) is 4.79 Å². The Labute approximate surface area is 160 Å². The van der Waals surface area contributed by atoms with E-state index in [0.717, 1.165) is 31.5 Å². The average molecular weight is 365 g/mol. The highest BCUT2D eigenvalue weighted by Crippen LogP contribution is 2.22. The zero-order valence-corrected chi connectivity index (χ0v) is 15.9. The second-order valence-electron chi connectivity index (χ2n) is 7.31. The van der Waals surface area contributed by atoms with E-state index in [1.165, 1.54) is 0 Å². The van der Waals surface area contributed by atoms with Crippen LogP contribution in [0.15, 0.2) is 54.6 Å². The van der Waals surface area contributed by atoms with Crippen molar-refractivity contribution in [1.82, 2.24) is 10.2 Å². The molecular weight excluding hydrogens is 338 g/mol. The van der Waals surface area contributed by atoms with Gasteiger partial charge >= 0.3 is 6.03 Å². The Kier molecular flexibility index (Phi) is 6.12. The van der Waals surface area contributed by atoms with Crippen LogP contribution in [0.5, 0.6) is 0 Å². The Morgan fingerprint density at radius 3 is 2.15 bits per heavy atom. The summed E-state index contributed by atoms with van der Waals surface area (Å²) in [6.07, 6.45) is 2.15. The minimum absolute atomic E-state index is 0.0625. The molecule has 1 aliphatic heterocycles. The molecule has 0 saturated carbocycles. The van der Waals surface area contributed by atoms with E-state index in [4.69, 9.17) is 0 Å². The minimum Gasteiger partial charge on any atom is -0.339 e. The van der Waals surface area contributed by atoms with Crippen molar-refractivity contribution >= 4 is 17.6 Å². The smallest absolute Gasteiger partial charge is 0.319 e. The molecular formula is C22H27N3O2. The van der Waals surface area contributed by atoms with Crippen LogP contribution in [0.2, 0.25) is 0 Å². The van der Waals surface area contributed by atoms with Crippen LogP contribution in [0.4, 0.5) is 10.5 Å². The molecule has 1 unspecified atom stereocenters. The van der Waals surface area contributed by atoms with E-state index in [0.29, 0.717) is 11.3 Å². The number of nitrogens with zero attached hydrogens (tertiary/aromatic N) is 1. The second-order valence-corrected chi connectivity index (χ2v) is 7.31. The maximum atomic E-state index is 12.4. The van der Waals surface area contributed by atoms with Crippen molar-refractivity contribution in [2.24, 2.45) is 5.92 Å². The van der Waals surface area contributed by atoms with E-state index in [1.54, 1.807) is 24.3 Å². The van der Waals surface area contributed by atoms with Crippen molar-refractivity contribution < 1.29 is 9.59 Å². The van der Waals surface area contributed by atoms with Crippen LogP contribution < -0.4 is 10.6 Å². The van der Waals surface area contributed by atoms with Crippen molar-refractivity contribution in [3.05, 3.63) is 65.7 Å². The van der Waals surface area contributed by atoms with Gasteiger partial charge in [-0.05, 0) is 48.6 Å². The minimum atomic E-state index is -0.254. The lowest BCUT2D eigenvalue weighted by Crippen LogP contribution is -2.35. The molecule has 1 atom stereocenters. The molecule has 5 heteroatoms. The molecule has 0 spiro atoms. The largest absolute Gasteiger partial charge is 0.339 e. The molecule has 0 aromatic heterocycles. The molecule has 0 radical (unpaired) electrons. The lowest BCUT2D eigenvalue weighted by Gasteiger charge is -2.23. The van der Waals surface area contributed by atoms with Gasteiger partial charge in [0, 0.05) is 24.3 Å². The first-order valence-corrected chi connectivity index (χ1v) is 9.56. The number of hydrogen-bond donors (Lipinski definition) is 2. The number of hydrogen-bond acceptors (Lipinski definition) is 2. The second kappa shape index (κ2) is 8.71. The molecule has 2 N–H and O–H groups in total. The Morgan fingerprint density at radius 1 is 0.926 bits per heavy atom. The van der Waals surface area contributed by atoms with Gasteiger partial charge in [0.25, 0.3) is 5.91 Å². The molecule has 1 fully saturated rings. The van der Waals surface area contributed by atoms with E-state index >= 15 is 0 Å². The van der Waals surface area contributed by atoms with Crippen molar-refractivity contribution in [2.45, 2.75) is 32.7 Å². The predicted molar refractivity (Wildman–Crippen MR) is 108 cm³/mol. The van der Waals surface area contributed by atoms with Gasteiger partial charge in [0.05, 0.1) is 6.04 Å². The van der Waals surface area contributed by atoms with Crippen LogP contribution in [0, 0.1) is 5.92 Å². The Balaban J connectivity index is 1.61. The third kappa shape index (κ3) is 4.88. The molecule has 1 heterocycles. The molecule has 1 saturated heterocycles. The summed E-state index contributed by atoms with van der Waals surface area (Å²) in [5.41, 5.74) is 2.41. The first-order chi connectivity index (χ1) is 13.0. The number of benzene rings is 2. The highest BCUT2D eigenvalue weighted by atomic mass is 16.2. The maximum Gasteiger partial charge on any atom is 0.319 e. The van der Waals surface area contributed by atoms with Gasteiger partial charge in [-0.15, -0.1) is 0 Å². The van der Waals surface area contributed by atoms with Crippen LogP contribution in [0.3, 0.4) is 0 Å². The summed E-state index contributed by atoms with van der Waals surface area (Å²) in [4.78, 5) is 26.7. The monoisotopic (exact) mass is 365 g/mol. The van der Waals surface area contributed by atoms with Crippen LogP contribution >= 0.6 is 0 Å².